The molecular formula is C16H32NO4+. The Morgan fingerprint density at radius 2 is 1.38 bits per heavy atom. The molecule has 0 saturated carbocycles. The zero-order valence-electron chi connectivity index (χ0n) is 14.2. The van der Waals surface area contributed by atoms with E-state index in [2.05, 4.69) is 27.4 Å². The first-order valence-corrected chi connectivity index (χ1v) is 7.84. The number of likely N-dealkylation sites (N-methyl/N-ethyl adjacent to an activating group) is 1. The van der Waals surface area contributed by atoms with Gasteiger partial charge in [0.15, 0.2) is 0 Å². The highest BCUT2D eigenvalue weighted by molar-refractivity contribution is 5.86. The van der Waals surface area contributed by atoms with E-state index in [-0.39, 0.29) is 12.6 Å². The zero-order valence-corrected chi connectivity index (χ0v) is 14.2. The summed E-state index contributed by atoms with van der Waals surface area (Å²) in [6.45, 7) is 18.8. The number of carbonyl (C=O) groups excluding carboxylic acids is 1. The Hall–Kier alpha value is -0.910. The number of ether oxygens (including phenoxy) is 3. The van der Waals surface area contributed by atoms with Gasteiger partial charge in [0.2, 0.25) is 0 Å². The molecular weight excluding hydrogens is 270 g/mol. The van der Waals surface area contributed by atoms with Gasteiger partial charge in [-0.3, -0.25) is 0 Å². The molecule has 0 saturated heterocycles. The molecule has 124 valence electrons. The van der Waals surface area contributed by atoms with Gasteiger partial charge in [-0.05, 0) is 27.7 Å². The lowest BCUT2D eigenvalue weighted by atomic mass is 10.3. The second-order valence-corrected chi connectivity index (χ2v) is 5.15. The van der Waals surface area contributed by atoms with Crippen LogP contribution in [0.15, 0.2) is 12.2 Å². The number of quaternary nitrogens is 1. The van der Waals surface area contributed by atoms with Gasteiger partial charge >= 0.3 is 5.97 Å². The second-order valence-electron chi connectivity index (χ2n) is 5.15. The number of hydrogen-bond acceptors (Lipinski definition) is 4. The normalized spacial score (nSPS) is 11.4. The van der Waals surface area contributed by atoms with Gasteiger partial charge in [-0.1, -0.05) is 6.58 Å². The molecule has 5 heteroatoms. The fraction of sp³-hybridized carbons (Fsp3) is 0.812. The Bertz CT molecular complexity index is 292. The summed E-state index contributed by atoms with van der Waals surface area (Å²) in [7, 11) is 0. The van der Waals surface area contributed by atoms with Crippen LogP contribution in [0.5, 0.6) is 0 Å². The SMILES string of the molecule is C=C(C)C(=O)OCCOCCOCC[N+](CC)(CC)CC. The van der Waals surface area contributed by atoms with E-state index in [1.807, 2.05) is 0 Å². The van der Waals surface area contributed by atoms with E-state index in [0.29, 0.717) is 25.4 Å². The van der Waals surface area contributed by atoms with Crippen molar-refractivity contribution in [2.45, 2.75) is 27.7 Å². The highest BCUT2D eigenvalue weighted by atomic mass is 16.6. The van der Waals surface area contributed by atoms with Crippen LogP contribution in [0.2, 0.25) is 0 Å². The van der Waals surface area contributed by atoms with Gasteiger partial charge in [0.1, 0.15) is 13.2 Å². The van der Waals surface area contributed by atoms with E-state index in [4.69, 9.17) is 14.2 Å². The summed E-state index contributed by atoms with van der Waals surface area (Å²) in [6.07, 6.45) is 0. The van der Waals surface area contributed by atoms with E-state index in [1.54, 1.807) is 6.92 Å². The molecule has 0 aliphatic carbocycles. The van der Waals surface area contributed by atoms with Crippen molar-refractivity contribution in [2.24, 2.45) is 0 Å². The Balaban J connectivity index is 3.48. The van der Waals surface area contributed by atoms with Crippen LogP contribution in [-0.2, 0) is 19.0 Å². The molecule has 0 fully saturated rings. The monoisotopic (exact) mass is 302 g/mol. The van der Waals surface area contributed by atoms with Crippen molar-refractivity contribution in [3.8, 4) is 0 Å². The van der Waals surface area contributed by atoms with E-state index >= 15 is 0 Å². The van der Waals surface area contributed by atoms with Crippen LogP contribution in [0.4, 0.5) is 0 Å². The predicted octanol–water partition coefficient (Wildman–Crippen LogP) is 2.02. The van der Waals surface area contributed by atoms with Crippen LogP contribution in [0.3, 0.4) is 0 Å². The van der Waals surface area contributed by atoms with Crippen molar-refractivity contribution in [2.75, 3.05) is 59.2 Å². The third kappa shape index (κ3) is 8.86. The first-order valence-electron chi connectivity index (χ1n) is 7.84. The van der Waals surface area contributed by atoms with Crippen LogP contribution in [0.1, 0.15) is 27.7 Å². The maximum atomic E-state index is 11.1. The molecule has 0 atom stereocenters. The Kier molecular flexibility index (Phi) is 11.2. The van der Waals surface area contributed by atoms with Crippen molar-refractivity contribution in [3.05, 3.63) is 12.2 Å². The van der Waals surface area contributed by atoms with Gasteiger partial charge in [0.05, 0.1) is 46.1 Å². The molecule has 0 rings (SSSR count). The third-order valence-electron chi connectivity index (χ3n) is 3.90. The quantitative estimate of drug-likeness (QED) is 0.226. The Morgan fingerprint density at radius 3 is 1.86 bits per heavy atom. The summed E-state index contributed by atoms with van der Waals surface area (Å²) in [5.74, 6) is -0.373. The molecule has 0 bridgehead atoms. The average molecular weight is 302 g/mol. The van der Waals surface area contributed by atoms with Crippen LogP contribution in [-0.4, -0.2) is 69.7 Å². The molecule has 0 unspecified atom stereocenters. The van der Waals surface area contributed by atoms with Gasteiger partial charge in [-0.15, -0.1) is 0 Å². The van der Waals surface area contributed by atoms with E-state index in [0.717, 1.165) is 37.3 Å². The van der Waals surface area contributed by atoms with Gasteiger partial charge in [0.25, 0.3) is 0 Å². The number of carbonyl (C=O) groups is 1. The van der Waals surface area contributed by atoms with E-state index in [1.165, 1.54) is 0 Å². The Morgan fingerprint density at radius 1 is 0.905 bits per heavy atom. The molecule has 0 aromatic rings. The molecule has 0 aliphatic heterocycles. The maximum absolute atomic E-state index is 11.1. The van der Waals surface area contributed by atoms with Crippen molar-refractivity contribution < 1.29 is 23.5 Å². The van der Waals surface area contributed by atoms with Gasteiger partial charge in [0, 0.05) is 5.57 Å². The smallest absolute Gasteiger partial charge is 0.333 e. The molecule has 0 heterocycles. The summed E-state index contributed by atoms with van der Waals surface area (Å²) in [4.78, 5) is 11.1. The fourth-order valence-corrected chi connectivity index (χ4v) is 2.04. The first kappa shape index (κ1) is 20.1. The molecule has 0 aliphatic rings. The minimum atomic E-state index is -0.373. The summed E-state index contributed by atoms with van der Waals surface area (Å²) in [5.41, 5.74) is 0.405. The van der Waals surface area contributed by atoms with Crippen molar-refractivity contribution >= 4 is 5.97 Å². The molecule has 21 heavy (non-hydrogen) atoms. The lowest BCUT2D eigenvalue weighted by Gasteiger charge is -2.35. The zero-order chi connectivity index (χ0) is 16.1. The summed E-state index contributed by atoms with van der Waals surface area (Å²) < 4.78 is 16.9. The average Bonchev–Trinajstić information content (AvgIpc) is 2.49. The van der Waals surface area contributed by atoms with Gasteiger partial charge < -0.3 is 18.7 Å². The van der Waals surface area contributed by atoms with Crippen molar-refractivity contribution in [1.82, 2.24) is 0 Å². The van der Waals surface area contributed by atoms with Crippen LogP contribution in [0.25, 0.3) is 0 Å². The minimum Gasteiger partial charge on any atom is -0.460 e. The Labute approximate surface area is 129 Å². The molecule has 0 radical (unpaired) electrons. The number of nitrogens with zero attached hydrogens (tertiary/aromatic N) is 1. The summed E-state index contributed by atoms with van der Waals surface area (Å²) in [6, 6.07) is 0. The molecule has 0 N–H and O–H groups in total. The number of esters is 1. The maximum Gasteiger partial charge on any atom is 0.333 e. The van der Waals surface area contributed by atoms with E-state index in [9.17, 15) is 4.79 Å². The van der Waals surface area contributed by atoms with Gasteiger partial charge in [-0.25, -0.2) is 4.79 Å². The largest absolute Gasteiger partial charge is 0.460 e. The number of hydrogen-bond donors (Lipinski definition) is 0. The molecule has 0 amide bonds. The second kappa shape index (κ2) is 11.7. The third-order valence-corrected chi connectivity index (χ3v) is 3.90. The topological polar surface area (TPSA) is 44.8 Å². The fourth-order valence-electron chi connectivity index (χ4n) is 2.04. The first-order chi connectivity index (χ1) is 10.0. The highest BCUT2D eigenvalue weighted by Gasteiger charge is 2.19. The van der Waals surface area contributed by atoms with Crippen LogP contribution in [0, 0.1) is 0 Å². The van der Waals surface area contributed by atoms with Gasteiger partial charge in [-0.2, -0.15) is 0 Å². The highest BCUT2D eigenvalue weighted by Crippen LogP contribution is 2.04. The van der Waals surface area contributed by atoms with Crippen LogP contribution < -0.4 is 0 Å². The lowest BCUT2D eigenvalue weighted by molar-refractivity contribution is -0.923. The standard InChI is InChI=1S/C16H32NO4/c1-6-17(7-2,8-3)9-10-19-11-12-20-13-14-21-16(18)15(4)5/h4,6-14H2,1-3,5H3/q+1. The summed E-state index contributed by atoms with van der Waals surface area (Å²) >= 11 is 0. The van der Waals surface area contributed by atoms with E-state index < -0.39 is 0 Å². The number of rotatable bonds is 13. The molecule has 5 nitrogen and oxygen atoms in total. The molecule has 0 aromatic carbocycles. The van der Waals surface area contributed by atoms with Crippen molar-refractivity contribution in [1.29, 1.82) is 0 Å². The van der Waals surface area contributed by atoms with Crippen LogP contribution >= 0.6 is 0 Å². The molecule has 0 aromatic heterocycles. The summed E-state index contributed by atoms with van der Waals surface area (Å²) in [5, 5.41) is 0. The molecule has 0 spiro atoms. The predicted molar refractivity (Wildman–Crippen MR) is 84.2 cm³/mol. The minimum absolute atomic E-state index is 0.257. The lowest BCUT2D eigenvalue weighted by Crippen LogP contribution is -2.49. The van der Waals surface area contributed by atoms with Crippen molar-refractivity contribution in [3.63, 3.8) is 0 Å².